The molecule has 1 saturated heterocycles. The van der Waals surface area contributed by atoms with Crippen molar-refractivity contribution < 1.29 is 9.59 Å². The minimum atomic E-state index is -0.384. The number of rotatable bonds is 4. The highest BCUT2D eigenvalue weighted by Gasteiger charge is 2.35. The van der Waals surface area contributed by atoms with Gasteiger partial charge >= 0.3 is 0 Å². The van der Waals surface area contributed by atoms with Crippen LogP contribution in [-0.2, 0) is 4.79 Å². The maximum absolute atomic E-state index is 13.1. The summed E-state index contributed by atoms with van der Waals surface area (Å²) >= 11 is 0. The van der Waals surface area contributed by atoms with Gasteiger partial charge in [0.05, 0.1) is 5.69 Å². The average Bonchev–Trinajstić information content (AvgIpc) is 3.05. The van der Waals surface area contributed by atoms with Crippen molar-refractivity contribution in [1.29, 1.82) is 0 Å². The topological polar surface area (TPSA) is 58.4 Å². The Labute approximate surface area is 160 Å². The van der Waals surface area contributed by atoms with Crippen molar-refractivity contribution in [3.63, 3.8) is 0 Å². The third kappa shape index (κ3) is 3.61. The Kier molecular flexibility index (Phi) is 5.35. The molecule has 0 saturated carbocycles. The molecule has 3 rings (SSSR count). The van der Waals surface area contributed by atoms with Crippen molar-refractivity contribution in [2.24, 2.45) is 0 Å². The lowest BCUT2D eigenvalue weighted by atomic mass is 10.0. The molecule has 0 bridgehead atoms. The minimum absolute atomic E-state index is 0.0160. The normalized spacial score (nSPS) is 17.7. The average molecular weight is 368 g/mol. The molecule has 1 atom stereocenters. The highest BCUT2D eigenvalue weighted by Crippen LogP contribution is 2.26. The highest BCUT2D eigenvalue weighted by molar-refractivity contribution is 5.99. The summed E-state index contributed by atoms with van der Waals surface area (Å²) in [6, 6.07) is 7.52. The Balaban J connectivity index is 1.91. The van der Waals surface area contributed by atoms with Gasteiger partial charge in [0.15, 0.2) is 0 Å². The summed E-state index contributed by atoms with van der Waals surface area (Å²) in [5, 5.41) is 4.57. The van der Waals surface area contributed by atoms with Crippen molar-refractivity contribution in [3.05, 3.63) is 41.7 Å². The van der Waals surface area contributed by atoms with Crippen molar-refractivity contribution in [3.8, 4) is 11.1 Å². The van der Waals surface area contributed by atoms with Crippen LogP contribution in [0.2, 0.25) is 0 Å². The largest absolute Gasteiger partial charge is 0.342 e. The van der Waals surface area contributed by atoms with Crippen molar-refractivity contribution >= 4 is 11.8 Å². The molecule has 144 valence electrons. The SMILES string of the molecule is CCC1C(=O)N(C)CCN1C(=O)c1cccc(-c2cn(C(C)C)nc2C)c1. The first kappa shape index (κ1) is 19.1. The van der Waals surface area contributed by atoms with Crippen LogP contribution in [-0.4, -0.2) is 57.6 Å². The molecule has 1 aromatic carbocycles. The molecule has 1 aromatic heterocycles. The number of carbonyl (C=O) groups excluding carboxylic acids is 2. The van der Waals surface area contributed by atoms with E-state index in [1.807, 2.05) is 49.0 Å². The molecule has 2 aromatic rings. The zero-order valence-electron chi connectivity index (χ0n) is 16.8. The van der Waals surface area contributed by atoms with Gasteiger partial charge in [0.2, 0.25) is 5.91 Å². The molecule has 1 aliphatic heterocycles. The molecule has 1 unspecified atom stereocenters. The first-order chi connectivity index (χ1) is 12.8. The van der Waals surface area contributed by atoms with E-state index in [1.165, 1.54) is 0 Å². The number of nitrogens with zero attached hydrogens (tertiary/aromatic N) is 4. The van der Waals surface area contributed by atoms with Gasteiger partial charge in [0, 0.05) is 43.5 Å². The van der Waals surface area contributed by atoms with Crippen LogP contribution in [0.5, 0.6) is 0 Å². The van der Waals surface area contributed by atoms with Gasteiger partial charge in [-0.1, -0.05) is 19.1 Å². The van der Waals surface area contributed by atoms with Crippen LogP contribution < -0.4 is 0 Å². The number of carbonyl (C=O) groups is 2. The van der Waals surface area contributed by atoms with E-state index in [0.717, 1.165) is 16.8 Å². The standard InChI is InChI=1S/C21H28N4O2/c1-6-19-21(27)23(5)10-11-24(19)20(26)17-9-7-8-16(12-17)18-13-25(14(2)3)22-15(18)4/h7-9,12-14,19H,6,10-11H2,1-5H3. The summed E-state index contributed by atoms with van der Waals surface area (Å²) in [5.74, 6) is -0.0682. The summed E-state index contributed by atoms with van der Waals surface area (Å²) in [6.07, 6.45) is 2.65. The summed E-state index contributed by atoms with van der Waals surface area (Å²) < 4.78 is 1.94. The summed E-state index contributed by atoms with van der Waals surface area (Å²) in [7, 11) is 1.79. The summed E-state index contributed by atoms with van der Waals surface area (Å²) in [4.78, 5) is 29.0. The molecular formula is C21H28N4O2. The van der Waals surface area contributed by atoms with Gasteiger partial charge < -0.3 is 9.80 Å². The smallest absolute Gasteiger partial charge is 0.254 e. The third-order valence-electron chi connectivity index (χ3n) is 5.23. The van der Waals surface area contributed by atoms with Gasteiger partial charge in [0.1, 0.15) is 6.04 Å². The van der Waals surface area contributed by atoms with Gasteiger partial charge in [-0.05, 0) is 44.9 Å². The Morgan fingerprint density at radius 1 is 1.30 bits per heavy atom. The van der Waals surface area contributed by atoms with Crippen LogP contribution in [0.15, 0.2) is 30.5 Å². The molecule has 0 spiro atoms. The van der Waals surface area contributed by atoms with Crippen LogP contribution in [0, 0.1) is 6.92 Å². The second kappa shape index (κ2) is 7.55. The maximum Gasteiger partial charge on any atom is 0.254 e. The number of aryl methyl sites for hydroxylation is 1. The van der Waals surface area contributed by atoms with Gasteiger partial charge in [-0.15, -0.1) is 0 Å². The Morgan fingerprint density at radius 2 is 2.04 bits per heavy atom. The van der Waals surface area contributed by atoms with E-state index < -0.39 is 0 Å². The molecule has 2 heterocycles. The molecular weight excluding hydrogens is 340 g/mol. The Hall–Kier alpha value is -2.63. The monoisotopic (exact) mass is 368 g/mol. The number of hydrogen-bond acceptors (Lipinski definition) is 3. The van der Waals surface area contributed by atoms with E-state index in [2.05, 4.69) is 18.9 Å². The lowest BCUT2D eigenvalue weighted by molar-refractivity contribution is -0.138. The second-order valence-corrected chi connectivity index (χ2v) is 7.47. The van der Waals surface area contributed by atoms with Gasteiger partial charge in [0.25, 0.3) is 5.91 Å². The second-order valence-electron chi connectivity index (χ2n) is 7.47. The lowest BCUT2D eigenvalue weighted by Crippen LogP contribution is -2.57. The van der Waals surface area contributed by atoms with Gasteiger partial charge in [-0.25, -0.2) is 0 Å². The van der Waals surface area contributed by atoms with Crippen LogP contribution >= 0.6 is 0 Å². The summed E-state index contributed by atoms with van der Waals surface area (Å²) in [5.41, 5.74) is 3.55. The molecule has 1 aliphatic rings. The maximum atomic E-state index is 13.1. The Bertz CT molecular complexity index is 856. The number of aromatic nitrogens is 2. The third-order valence-corrected chi connectivity index (χ3v) is 5.23. The Morgan fingerprint density at radius 3 is 2.67 bits per heavy atom. The predicted octanol–water partition coefficient (Wildman–Crippen LogP) is 3.13. The fourth-order valence-corrected chi connectivity index (χ4v) is 3.56. The number of piperazine rings is 1. The minimum Gasteiger partial charge on any atom is -0.342 e. The van der Waals surface area contributed by atoms with Crippen molar-refractivity contribution in [2.75, 3.05) is 20.1 Å². The van der Waals surface area contributed by atoms with E-state index >= 15 is 0 Å². The number of likely N-dealkylation sites (N-methyl/N-ethyl adjacent to an activating group) is 1. The highest BCUT2D eigenvalue weighted by atomic mass is 16.2. The molecule has 2 amide bonds. The first-order valence-electron chi connectivity index (χ1n) is 9.55. The predicted molar refractivity (Wildman–Crippen MR) is 106 cm³/mol. The first-order valence-corrected chi connectivity index (χ1v) is 9.55. The zero-order chi connectivity index (χ0) is 19.7. The molecule has 27 heavy (non-hydrogen) atoms. The molecule has 0 aliphatic carbocycles. The molecule has 6 heteroatoms. The molecule has 6 nitrogen and oxygen atoms in total. The van der Waals surface area contributed by atoms with E-state index in [9.17, 15) is 9.59 Å². The van der Waals surface area contributed by atoms with E-state index in [1.54, 1.807) is 16.8 Å². The lowest BCUT2D eigenvalue weighted by Gasteiger charge is -2.38. The van der Waals surface area contributed by atoms with Gasteiger partial charge in [-0.2, -0.15) is 5.10 Å². The van der Waals surface area contributed by atoms with Crippen molar-refractivity contribution in [1.82, 2.24) is 19.6 Å². The van der Waals surface area contributed by atoms with E-state index in [-0.39, 0.29) is 23.9 Å². The quantitative estimate of drug-likeness (QED) is 0.833. The van der Waals surface area contributed by atoms with Crippen LogP contribution in [0.25, 0.3) is 11.1 Å². The van der Waals surface area contributed by atoms with E-state index in [0.29, 0.717) is 25.1 Å². The van der Waals surface area contributed by atoms with Crippen LogP contribution in [0.3, 0.4) is 0 Å². The fraction of sp³-hybridized carbons (Fsp3) is 0.476. The fourth-order valence-electron chi connectivity index (χ4n) is 3.56. The zero-order valence-corrected chi connectivity index (χ0v) is 16.8. The van der Waals surface area contributed by atoms with Crippen molar-refractivity contribution in [2.45, 2.75) is 46.2 Å². The van der Waals surface area contributed by atoms with Gasteiger partial charge in [-0.3, -0.25) is 14.3 Å². The molecule has 0 N–H and O–H groups in total. The summed E-state index contributed by atoms with van der Waals surface area (Å²) in [6.45, 7) is 9.24. The number of hydrogen-bond donors (Lipinski definition) is 0. The molecule has 0 radical (unpaired) electrons. The van der Waals surface area contributed by atoms with Crippen LogP contribution in [0.4, 0.5) is 0 Å². The number of benzene rings is 1. The molecule has 1 fully saturated rings. The van der Waals surface area contributed by atoms with E-state index in [4.69, 9.17) is 0 Å². The van der Waals surface area contributed by atoms with Crippen LogP contribution in [0.1, 0.15) is 49.3 Å². The number of amides is 2.